The average Bonchev–Trinajstić information content (AvgIpc) is 2.29. The molecule has 3 heteroatoms. The molecule has 1 aliphatic rings. The molecule has 1 aliphatic carbocycles. The first-order valence-electron chi connectivity index (χ1n) is 5.53. The van der Waals surface area contributed by atoms with Gasteiger partial charge in [-0.2, -0.15) is 0 Å². The Morgan fingerprint density at radius 2 is 2.33 bits per heavy atom. The van der Waals surface area contributed by atoms with Gasteiger partial charge in [0, 0.05) is 18.7 Å². The first-order chi connectivity index (χ1) is 7.25. The SMILES string of the molecule is C=C(C(=O)NCCCO)C1=CCCCC1. The maximum absolute atomic E-state index is 11.6. The van der Waals surface area contributed by atoms with Crippen LogP contribution in [0.4, 0.5) is 0 Å². The highest BCUT2D eigenvalue weighted by atomic mass is 16.3. The molecule has 84 valence electrons. The highest BCUT2D eigenvalue weighted by molar-refractivity contribution is 5.97. The molecule has 0 aromatic heterocycles. The molecule has 3 nitrogen and oxygen atoms in total. The molecule has 0 spiro atoms. The van der Waals surface area contributed by atoms with Crippen LogP contribution in [0, 0.1) is 0 Å². The first kappa shape index (κ1) is 12.0. The predicted octanol–water partition coefficient (Wildman–Crippen LogP) is 1.54. The summed E-state index contributed by atoms with van der Waals surface area (Å²) in [5.41, 5.74) is 1.68. The van der Waals surface area contributed by atoms with Crippen LogP contribution >= 0.6 is 0 Å². The number of hydrogen-bond donors (Lipinski definition) is 2. The second-order valence-corrected chi connectivity index (χ2v) is 3.79. The van der Waals surface area contributed by atoms with Gasteiger partial charge in [-0.25, -0.2) is 0 Å². The molecule has 0 atom stereocenters. The van der Waals surface area contributed by atoms with Crippen molar-refractivity contribution in [1.29, 1.82) is 0 Å². The summed E-state index contributed by atoms with van der Waals surface area (Å²) in [5, 5.41) is 11.3. The highest BCUT2D eigenvalue weighted by Crippen LogP contribution is 2.22. The number of carbonyl (C=O) groups is 1. The van der Waals surface area contributed by atoms with Crippen molar-refractivity contribution in [3.8, 4) is 0 Å². The Kier molecular flexibility index (Phi) is 5.12. The number of hydrogen-bond acceptors (Lipinski definition) is 2. The lowest BCUT2D eigenvalue weighted by atomic mass is 9.94. The Morgan fingerprint density at radius 1 is 1.53 bits per heavy atom. The van der Waals surface area contributed by atoms with Gasteiger partial charge in [-0.05, 0) is 37.7 Å². The minimum atomic E-state index is -0.100. The van der Waals surface area contributed by atoms with E-state index in [0.29, 0.717) is 18.5 Å². The summed E-state index contributed by atoms with van der Waals surface area (Å²) >= 11 is 0. The lowest BCUT2D eigenvalue weighted by Gasteiger charge is -2.14. The van der Waals surface area contributed by atoms with E-state index in [9.17, 15) is 4.79 Å². The lowest BCUT2D eigenvalue weighted by molar-refractivity contribution is -0.117. The Morgan fingerprint density at radius 3 is 2.93 bits per heavy atom. The van der Waals surface area contributed by atoms with Crippen LogP contribution in [-0.4, -0.2) is 24.2 Å². The maximum Gasteiger partial charge on any atom is 0.250 e. The van der Waals surface area contributed by atoms with Crippen LogP contribution in [0.2, 0.25) is 0 Å². The smallest absolute Gasteiger partial charge is 0.250 e. The summed E-state index contributed by atoms with van der Waals surface area (Å²) in [4.78, 5) is 11.6. The monoisotopic (exact) mass is 209 g/mol. The normalized spacial score (nSPS) is 15.7. The summed E-state index contributed by atoms with van der Waals surface area (Å²) in [7, 11) is 0. The molecule has 0 saturated heterocycles. The summed E-state index contributed by atoms with van der Waals surface area (Å²) < 4.78 is 0. The van der Waals surface area contributed by atoms with Gasteiger partial charge in [0.05, 0.1) is 0 Å². The summed E-state index contributed by atoms with van der Waals surface area (Å²) in [6, 6.07) is 0. The topological polar surface area (TPSA) is 49.3 Å². The van der Waals surface area contributed by atoms with Gasteiger partial charge in [-0.3, -0.25) is 4.79 Å². The van der Waals surface area contributed by atoms with E-state index in [2.05, 4.69) is 18.0 Å². The second kappa shape index (κ2) is 6.40. The molecule has 1 rings (SSSR count). The van der Waals surface area contributed by atoms with E-state index in [1.54, 1.807) is 0 Å². The molecule has 0 radical (unpaired) electrons. The summed E-state index contributed by atoms with van der Waals surface area (Å²) in [6.07, 6.45) is 7.08. The first-order valence-corrected chi connectivity index (χ1v) is 5.53. The van der Waals surface area contributed by atoms with Crippen LogP contribution in [0.15, 0.2) is 23.8 Å². The molecule has 0 heterocycles. The molecule has 0 fully saturated rings. The van der Waals surface area contributed by atoms with E-state index < -0.39 is 0 Å². The molecule has 0 aliphatic heterocycles. The third-order valence-corrected chi connectivity index (χ3v) is 2.57. The van der Waals surface area contributed by atoms with Gasteiger partial charge in [0.1, 0.15) is 0 Å². The predicted molar refractivity (Wildman–Crippen MR) is 60.4 cm³/mol. The van der Waals surface area contributed by atoms with Gasteiger partial charge in [0.25, 0.3) is 5.91 Å². The third-order valence-electron chi connectivity index (χ3n) is 2.57. The molecule has 1 amide bonds. The average molecular weight is 209 g/mol. The molecular weight excluding hydrogens is 190 g/mol. The van der Waals surface area contributed by atoms with Crippen LogP contribution in [0.25, 0.3) is 0 Å². The molecular formula is C12H19NO2. The third kappa shape index (κ3) is 3.88. The Hall–Kier alpha value is -1.09. The molecule has 15 heavy (non-hydrogen) atoms. The Bertz CT molecular complexity index is 269. The Labute approximate surface area is 90.9 Å². The van der Waals surface area contributed by atoms with E-state index in [-0.39, 0.29) is 12.5 Å². The fourth-order valence-corrected chi connectivity index (χ4v) is 1.65. The Balaban J connectivity index is 2.38. The van der Waals surface area contributed by atoms with Crippen LogP contribution < -0.4 is 5.32 Å². The van der Waals surface area contributed by atoms with Crippen molar-refractivity contribution in [3.05, 3.63) is 23.8 Å². The van der Waals surface area contributed by atoms with Gasteiger partial charge < -0.3 is 10.4 Å². The van der Waals surface area contributed by atoms with Crippen LogP contribution in [0.5, 0.6) is 0 Å². The quantitative estimate of drug-likeness (QED) is 0.533. The van der Waals surface area contributed by atoms with Gasteiger partial charge in [-0.1, -0.05) is 12.7 Å². The number of aliphatic hydroxyl groups is 1. The van der Waals surface area contributed by atoms with E-state index in [4.69, 9.17) is 5.11 Å². The minimum absolute atomic E-state index is 0.100. The minimum Gasteiger partial charge on any atom is -0.396 e. The number of allylic oxidation sites excluding steroid dienone is 1. The van der Waals surface area contributed by atoms with Crippen molar-refractivity contribution in [2.45, 2.75) is 32.1 Å². The zero-order valence-corrected chi connectivity index (χ0v) is 9.09. The number of rotatable bonds is 5. The number of carbonyl (C=O) groups excluding carboxylic acids is 1. The molecule has 0 saturated carbocycles. The van der Waals surface area contributed by atoms with E-state index >= 15 is 0 Å². The van der Waals surface area contributed by atoms with Crippen molar-refractivity contribution in [3.63, 3.8) is 0 Å². The molecule has 2 N–H and O–H groups in total. The molecule has 0 bridgehead atoms. The van der Waals surface area contributed by atoms with Gasteiger partial charge in [0.2, 0.25) is 0 Å². The van der Waals surface area contributed by atoms with Crippen molar-refractivity contribution in [2.24, 2.45) is 0 Å². The van der Waals surface area contributed by atoms with Gasteiger partial charge >= 0.3 is 0 Å². The van der Waals surface area contributed by atoms with Crippen molar-refractivity contribution in [1.82, 2.24) is 5.32 Å². The fourth-order valence-electron chi connectivity index (χ4n) is 1.65. The van der Waals surface area contributed by atoms with Gasteiger partial charge in [-0.15, -0.1) is 0 Å². The molecule has 0 unspecified atom stereocenters. The van der Waals surface area contributed by atoms with Crippen molar-refractivity contribution >= 4 is 5.91 Å². The van der Waals surface area contributed by atoms with E-state index in [1.165, 1.54) is 6.42 Å². The summed E-state index contributed by atoms with van der Waals surface area (Å²) in [5.74, 6) is -0.100. The molecule has 0 aromatic carbocycles. The van der Waals surface area contributed by atoms with E-state index in [0.717, 1.165) is 24.8 Å². The number of nitrogens with one attached hydrogen (secondary N) is 1. The maximum atomic E-state index is 11.6. The number of amides is 1. The second-order valence-electron chi connectivity index (χ2n) is 3.79. The van der Waals surface area contributed by atoms with Crippen molar-refractivity contribution < 1.29 is 9.90 Å². The zero-order chi connectivity index (χ0) is 11.1. The van der Waals surface area contributed by atoms with Crippen LogP contribution in [0.1, 0.15) is 32.1 Å². The fraction of sp³-hybridized carbons (Fsp3) is 0.583. The van der Waals surface area contributed by atoms with E-state index in [1.807, 2.05) is 0 Å². The molecule has 0 aromatic rings. The standard InChI is InChI=1S/C12H19NO2/c1-10(11-6-3-2-4-7-11)12(15)13-8-5-9-14/h6,14H,1-5,7-9H2,(H,13,15). The van der Waals surface area contributed by atoms with Crippen LogP contribution in [0.3, 0.4) is 0 Å². The summed E-state index contributed by atoms with van der Waals surface area (Å²) in [6.45, 7) is 4.44. The van der Waals surface area contributed by atoms with Crippen molar-refractivity contribution in [2.75, 3.05) is 13.2 Å². The largest absolute Gasteiger partial charge is 0.396 e. The number of aliphatic hydroxyl groups excluding tert-OH is 1. The zero-order valence-electron chi connectivity index (χ0n) is 9.09. The highest BCUT2D eigenvalue weighted by Gasteiger charge is 2.13. The lowest BCUT2D eigenvalue weighted by Crippen LogP contribution is -2.27. The van der Waals surface area contributed by atoms with Crippen LogP contribution in [-0.2, 0) is 4.79 Å². The van der Waals surface area contributed by atoms with Gasteiger partial charge in [0.15, 0.2) is 0 Å².